The molecule has 146 valence electrons. The lowest BCUT2D eigenvalue weighted by Crippen LogP contribution is -2.48. The zero-order chi connectivity index (χ0) is 19.1. The van der Waals surface area contributed by atoms with Crippen LogP contribution in [0.2, 0.25) is 0 Å². The van der Waals surface area contributed by atoms with Crippen LogP contribution in [-0.2, 0) is 17.7 Å². The van der Waals surface area contributed by atoms with Gasteiger partial charge in [0.2, 0.25) is 0 Å². The number of ether oxygens (including phenoxy) is 2. The lowest BCUT2D eigenvalue weighted by Gasteiger charge is -2.34. The Morgan fingerprint density at radius 3 is 2.74 bits per heavy atom. The number of nitrogens with zero attached hydrogens (tertiary/aromatic N) is 3. The van der Waals surface area contributed by atoms with E-state index in [0.29, 0.717) is 24.5 Å². The minimum absolute atomic E-state index is 0.0637. The van der Waals surface area contributed by atoms with Crippen LogP contribution in [0.15, 0.2) is 29.6 Å². The van der Waals surface area contributed by atoms with E-state index in [2.05, 4.69) is 22.2 Å². The summed E-state index contributed by atoms with van der Waals surface area (Å²) in [4.78, 5) is 21.7. The van der Waals surface area contributed by atoms with Gasteiger partial charge in [-0.05, 0) is 24.6 Å². The van der Waals surface area contributed by atoms with E-state index in [4.69, 9.17) is 9.47 Å². The molecular formula is C20H27N3O3S. The topological polar surface area (TPSA) is 54.9 Å². The third-order valence-corrected chi connectivity index (χ3v) is 5.63. The fourth-order valence-corrected chi connectivity index (χ4v) is 3.80. The zero-order valence-electron chi connectivity index (χ0n) is 16.0. The first kappa shape index (κ1) is 19.8. The Labute approximate surface area is 164 Å². The van der Waals surface area contributed by atoms with Crippen molar-refractivity contribution in [2.24, 2.45) is 0 Å². The number of piperazine rings is 1. The molecular weight excluding hydrogens is 362 g/mol. The highest BCUT2D eigenvalue weighted by atomic mass is 32.1. The van der Waals surface area contributed by atoms with Gasteiger partial charge in [0, 0.05) is 50.8 Å². The molecule has 1 aliphatic rings. The average Bonchev–Trinajstić information content (AvgIpc) is 3.16. The van der Waals surface area contributed by atoms with Crippen molar-refractivity contribution in [3.63, 3.8) is 0 Å². The lowest BCUT2D eigenvalue weighted by molar-refractivity contribution is 0.0626. The van der Waals surface area contributed by atoms with E-state index in [1.54, 1.807) is 18.4 Å². The van der Waals surface area contributed by atoms with Gasteiger partial charge in [-0.2, -0.15) is 0 Å². The third-order valence-electron chi connectivity index (χ3n) is 4.58. The maximum Gasteiger partial charge on any atom is 0.254 e. The predicted molar refractivity (Wildman–Crippen MR) is 106 cm³/mol. The van der Waals surface area contributed by atoms with Crippen molar-refractivity contribution in [3.8, 4) is 5.75 Å². The van der Waals surface area contributed by atoms with E-state index < -0.39 is 0 Å². The maximum absolute atomic E-state index is 12.8. The summed E-state index contributed by atoms with van der Waals surface area (Å²) in [5.41, 5.74) is 1.81. The molecule has 1 aromatic heterocycles. The van der Waals surface area contributed by atoms with E-state index >= 15 is 0 Å². The van der Waals surface area contributed by atoms with Crippen molar-refractivity contribution in [2.75, 3.05) is 46.5 Å². The molecule has 7 heteroatoms. The molecule has 1 saturated heterocycles. The molecule has 6 nitrogen and oxygen atoms in total. The molecule has 2 aromatic rings. The molecule has 0 N–H and O–H groups in total. The second-order valence-electron chi connectivity index (χ2n) is 6.52. The summed E-state index contributed by atoms with van der Waals surface area (Å²) in [6, 6.07) is 7.38. The zero-order valence-corrected chi connectivity index (χ0v) is 16.8. The van der Waals surface area contributed by atoms with Gasteiger partial charge >= 0.3 is 0 Å². The summed E-state index contributed by atoms with van der Waals surface area (Å²) in [6.45, 7) is 7.20. The lowest BCUT2D eigenvalue weighted by atomic mass is 10.1. The minimum Gasteiger partial charge on any atom is -0.491 e. The quantitative estimate of drug-likeness (QED) is 0.650. The van der Waals surface area contributed by atoms with Crippen LogP contribution in [0.3, 0.4) is 0 Å². The minimum atomic E-state index is 0.0637. The van der Waals surface area contributed by atoms with E-state index in [1.807, 2.05) is 29.2 Å². The molecule has 27 heavy (non-hydrogen) atoms. The molecule has 1 aliphatic heterocycles. The van der Waals surface area contributed by atoms with Gasteiger partial charge in [-0.25, -0.2) is 4.98 Å². The average molecular weight is 390 g/mol. The van der Waals surface area contributed by atoms with Crippen LogP contribution in [0.25, 0.3) is 0 Å². The van der Waals surface area contributed by atoms with Crippen molar-refractivity contribution >= 4 is 17.2 Å². The van der Waals surface area contributed by atoms with Gasteiger partial charge in [0.15, 0.2) is 0 Å². The number of benzene rings is 1. The number of rotatable bonds is 8. The standard InChI is InChI=1S/C20H27N3O3S/c1-3-19-21-17(15-27-19)14-22-7-9-23(10-8-22)20(24)16-5-4-6-18(13-16)26-12-11-25-2/h4-6,13,15H,3,7-12,14H2,1-2H3. The van der Waals surface area contributed by atoms with E-state index in [9.17, 15) is 4.79 Å². The molecule has 0 radical (unpaired) electrons. The normalized spacial score (nSPS) is 15.1. The van der Waals surface area contributed by atoms with Gasteiger partial charge in [0.05, 0.1) is 17.3 Å². The van der Waals surface area contributed by atoms with E-state index in [-0.39, 0.29) is 5.91 Å². The highest BCUT2D eigenvalue weighted by Gasteiger charge is 2.23. The third kappa shape index (κ3) is 5.51. The van der Waals surface area contributed by atoms with E-state index in [0.717, 1.165) is 44.8 Å². The molecule has 1 aromatic carbocycles. The van der Waals surface area contributed by atoms with Crippen molar-refractivity contribution in [2.45, 2.75) is 19.9 Å². The van der Waals surface area contributed by atoms with E-state index in [1.165, 1.54) is 5.01 Å². The van der Waals surface area contributed by atoms with Crippen LogP contribution in [0.1, 0.15) is 28.0 Å². The number of carbonyl (C=O) groups excluding carboxylic acids is 1. The first-order chi connectivity index (χ1) is 13.2. The van der Waals surface area contributed by atoms with Crippen LogP contribution in [0, 0.1) is 0 Å². The summed E-state index contributed by atoms with van der Waals surface area (Å²) in [7, 11) is 1.64. The first-order valence-corrected chi connectivity index (χ1v) is 10.2. The summed E-state index contributed by atoms with van der Waals surface area (Å²) >= 11 is 1.73. The van der Waals surface area contributed by atoms with Gasteiger partial charge in [-0.1, -0.05) is 13.0 Å². The molecule has 0 atom stereocenters. The van der Waals surface area contributed by atoms with Crippen LogP contribution in [-0.4, -0.2) is 67.2 Å². The molecule has 1 amide bonds. The SMILES string of the molecule is CCc1nc(CN2CCN(C(=O)c3cccc(OCCOC)c3)CC2)cs1. The van der Waals surface area contributed by atoms with Crippen LogP contribution in [0.5, 0.6) is 5.75 Å². The molecule has 0 aliphatic carbocycles. The van der Waals surface area contributed by atoms with Gasteiger partial charge in [-0.15, -0.1) is 11.3 Å². The largest absolute Gasteiger partial charge is 0.491 e. The Morgan fingerprint density at radius 2 is 2.04 bits per heavy atom. The smallest absolute Gasteiger partial charge is 0.254 e. The number of thiazole rings is 1. The second-order valence-corrected chi connectivity index (χ2v) is 7.47. The Hall–Kier alpha value is -1.96. The highest BCUT2D eigenvalue weighted by Crippen LogP contribution is 2.17. The fourth-order valence-electron chi connectivity index (χ4n) is 3.07. The number of carbonyl (C=O) groups is 1. The van der Waals surface area contributed by atoms with Crippen molar-refractivity contribution in [1.82, 2.24) is 14.8 Å². The van der Waals surface area contributed by atoms with Gasteiger partial charge < -0.3 is 14.4 Å². The number of aromatic nitrogens is 1. The summed E-state index contributed by atoms with van der Waals surface area (Å²) in [6.07, 6.45) is 0.987. The summed E-state index contributed by atoms with van der Waals surface area (Å²) < 4.78 is 10.6. The molecule has 1 fully saturated rings. The Balaban J connectivity index is 1.51. The first-order valence-electron chi connectivity index (χ1n) is 9.36. The van der Waals surface area contributed by atoms with Gasteiger partial charge in [-0.3, -0.25) is 9.69 Å². The molecule has 0 saturated carbocycles. The Kier molecular flexibility index (Phi) is 7.20. The van der Waals surface area contributed by atoms with Crippen LogP contribution in [0.4, 0.5) is 0 Å². The van der Waals surface area contributed by atoms with Crippen molar-refractivity contribution < 1.29 is 14.3 Å². The molecule has 0 spiro atoms. The molecule has 2 heterocycles. The van der Waals surface area contributed by atoms with Crippen molar-refractivity contribution in [3.05, 3.63) is 45.9 Å². The van der Waals surface area contributed by atoms with Crippen molar-refractivity contribution in [1.29, 1.82) is 0 Å². The number of hydrogen-bond donors (Lipinski definition) is 0. The number of aryl methyl sites for hydroxylation is 1. The molecule has 3 rings (SSSR count). The number of amides is 1. The van der Waals surface area contributed by atoms with Gasteiger partial charge in [0.1, 0.15) is 12.4 Å². The van der Waals surface area contributed by atoms with Gasteiger partial charge in [0.25, 0.3) is 5.91 Å². The maximum atomic E-state index is 12.8. The predicted octanol–water partition coefficient (Wildman–Crippen LogP) is 2.69. The second kappa shape index (κ2) is 9.82. The Morgan fingerprint density at radius 1 is 1.22 bits per heavy atom. The fraction of sp³-hybridized carbons (Fsp3) is 0.500. The van der Waals surface area contributed by atoms with Crippen LogP contribution < -0.4 is 4.74 Å². The summed E-state index contributed by atoms with van der Waals surface area (Å²) in [5.74, 6) is 0.764. The highest BCUT2D eigenvalue weighted by molar-refractivity contribution is 7.09. The summed E-state index contributed by atoms with van der Waals surface area (Å²) in [5, 5.41) is 3.33. The Bertz CT molecular complexity index is 742. The molecule has 0 bridgehead atoms. The number of methoxy groups -OCH3 is 1. The van der Waals surface area contributed by atoms with Crippen LogP contribution >= 0.6 is 11.3 Å². The number of hydrogen-bond acceptors (Lipinski definition) is 6. The monoisotopic (exact) mass is 389 g/mol. The molecule has 0 unspecified atom stereocenters.